The van der Waals surface area contributed by atoms with Gasteiger partial charge in [-0.25, -0.2) is 4.39 Å². The molecule has 0 aliphatic carbocycles. The molecule has 0 saturated carbocycles. The number of hydrogen-bond acceptors (Lipinski definition) is 6. The number of hydrazone groups is 1. The highest BCUT2D eigenvalue weighted by Gasteiger charge is 2.37. The Hall–Kier alpha value is -3.57. The van der Waals surface area contributed by atoms with Gasteiger partial charge in [0.15, 0.2) is 0 Å². The zero-order valence-corrected chi connectivity index (χ0v) is 14.2. The zero-order valence-electron chi connectivity index (χ0n) is 14.2. The fourth-order valence-corrected chi connectivity index (χ4v) is 2.29. The number of alkyl halides is 3. The predicted molar refractivity (Wildman–Crippen MR) is 91.6 cm³/mol. The van der Waals surface area contributed by atoms with E-state index in [4.69, 9.17) is 0 Å². The first kappa shape index (κ1) is 20.7. The number of hydrogen-bond donors (Lipinski definition) is 1. The monoisotopic (exact) mass is 400 g/mol. The third-order valence-electron chi connectivity index (χ3n) is 3.63. The lowest BCUT2D eigenvalue weighted by Gasteiger charge is -2.10. The molecule has 0 amide bonds. The van der Waals surface area contributed by atoms with Gasteiger partial charge in [0, 0.05) is 12.1 Å². The van der Waals surface area contributed by atoms with Crippen molar-refractivity contribution in [2.24, 2.45) is 5.10 Å². The van der Waals surface area contributed by atoms with Crippen LogP contribution in [0.3, 0.4) is 0 Å². The van der Waals surface area contributed by atoms with Crippen molar-refractivity contribution < 1.29 is 27.4 Å². The standard InChI is InChI=1S/C16H12F4N4O4/c1-2-12(9-3-5-11(17)6-4-9)21-22-15-13(23(25)26)7-10(16(18,19)20)8-14(15)24(27)28/h3-8,22H,2H2,1H3/b21-12-. The topological polar surface area (TPSA) is 111 Å². The Kier molecular flexibility index (Phi) is 5.91. The summed E-state index contributed by atoms with van der Waals surface area (Å²) in [6.45, 7) is 1.65. The lowest BCUT2D eigenvalue weighted by atomic mass is 10.1. The molecule has 12 heteroatoms. The lowest BCUT2D eigenvalue weighted by Crippen LogP contribution is -2.10. The van der Waals surface area contributed by atoms with Gasteiger partial charge in [0.1, 0.15) is 5.82 Å². The Morgan fingerprint density at radius 1 is 1.07 bits per heavy atom. The Bertz CT molecular complexity index is 908. The van der Waals surface area contributed by atoms with E-state index < -0.39 is 44.5 Å². The molecule has 0 aliphatic rings. The van der Waals surface area contributed by atoms with Gasteiger partial charge in [-0.05, 0) is 24.1 Å². The Morgan fingerprint density at radius 2 is 1.57 bits per heavy atom. The largest absolute Gasteiger partial charge is 0.416 e. The second-order valence-electron chi connectivity index (χ2n) is 5.43. The quantitative estimate of drug-likeness (QED) is 0.321. The van der Waals surface area contributed by atoms with Crippen LogP contribution in [0.5, 0.6) is 0 Å². The number of rotatable bonds is 6. The van der Waals surface area contributed by atoms with Crippen LogP contribution in [-0.4, -0.2) is 15.6 Å². The molecule has 2 aromatic carbocycles. The van der Waals surface area contributed by atoms with E-state index in [0.29, 0.717) is 5.56 Å². The minimum atomic E-state index is -5.01. The molecule has 148 valence electrons. The Balaban J connectivity index is 2.58. The van der Waals surface area contributed by atoms with E-state index >= 15 is 0 Å². The number of nitrogens with zero attached hydrogens (tertiary/aromatic N) is 3. The van der Waals surface area contributed by atoms with Crippen molar-refractivity contribution in [1.29, 1.82) is 0 Å². The van der Waals surface area contributed by atoms with Gasteiger partial charge in [-0.1, -0.05) is 19.1 Å². The summed E-state index contributed by atoms with van der Waals surface area (Å²) in [6.07, 6.45) is -4.76. The molecule has 28 heavy (non-hydrogen) atoms. The second-order valence-corrected chi connectivity index (χ2v) is 5.43. The van der Waals surface area contributed by atoms with Crippen LogP contribution in [0.2, 0.25) is 0 Å². The average Bonchev–Trinajstić information content (AvgIpc) is 2.62. The molecule has 1 N–H and O–H groups in total. The van der Waals surface area contributed by atoms with E-state index in [0.717, 1.165) is 12.1 Å². The number of anilines is 1. The Morgan fingerprint density at radius 3 is 1.96 bits per heavy atom. The molecule has 2 aromatic rings. The highest BCUT2D eigenvalue weighted by molar-refractivity contribution is 6.01. The van der Waals surface area contributed by atoms with E-state index in [1.165, 1.54) is 12.1 Å². The molecule has 0 aliphatic heterocycles. The summed E-state index contributed by atoms with van der Waals surface area (Å²) in [4.78, 5) is 20.0. The summed E-state index contributed by atoms with van der Waals surface area (Å²) in [5.41, 5.74) is -1.83. The summed E-state index contributed by atoms with van der Waals surface area (Å²) in [6, 6.07) is 5.40. The molecule has 0 atom stereocenters. The molecule has 2 rings (SSSR count). The van der Waals surface area contributed by atoms with Crippen LogP contribution < -0.4 is 5.43 Å². The minimum absolute atomic E-state index is 0.189. The molecule has 0 aromatic heterocycles. The van der Waals surface area contributed by atoms with Gasteiger partial charge in [0.2, 0.25) is 5.69 Å². The van der Waals surface area contributed by atoms with Gasteiger partial charge in [0.05, 0.1) is 21.1 Å². The first-order chi connectivity index (χ1) is 13.0. The summed E-state index contributed by atoms with van der Waals surface area (Å²) in [5.74, 6) is -0.513. The minimum Gasteiger partial charge on any atom is -0.266 e. The van der Waals surface area contributed by atoms with Crippen molar-refractivity contribution in [3.05, 3.63) is 73.6 Å². The maximum absolute atomic E-state index is 13.0. The summed E-state index contributed by atoms with van der Waals surface area (Å²) >= 11 is 0. The van der Waals surface area contributed by atoms with Crippen molar-refractivity contribution in [1.82, 2.24) is 0 Å². The third kappa shape index (κ3) is 4.58. The Labute approximate surface area is 154 Å². The number of nitro benzene ring substituents is 2. The third-order valence-corrected chi connectivity index (χ3v) is 3.63. The molecule has 8 nitrogen and oxygen atoms in total. The average molecular weight is 400 g/mol. The van der Waals surface area contributed by atoms with Crippen molar-refractivity contribution in [2.75, 3.05) is 5.43 Å². The molecule has 0 saturated heterocycles. The molecular weight excluding hydrogens is 388 g/mol. The van der Waals surface area contributed by atoms with Crippen molar-refractivity contribution in [3.63, 3.8) is 0 Å². The zero-order chi connectivity index (χ0) is 21.1. The molecule has 0 spiro atoms. The van der Waals surface area contributed by atoms with E-state index in [1.807, 2.05) is 0 Å². The maximum Gasteiger partial charge on any atom is 0.416 e. The molecule has 0 radical (unpaired) electrons. The van der Waals surface area contributed by atoms with Gasteiger partial charge in [-0.3, -0.25) is 25.7 Å². The van der Waals surface area contributed by atoms with E-state index in [1.54, 1.807) is 6.92 Å². The first-order valence-electron chi connectivity index (χ1n) is 7.67. The van der Waals surface area contributed by atoms with Gasteiger partial charge in [0.25, 0.3) is 0 Å². The normalized spacial score (nSPS) is 12.0. The van der Waals surface area contributed by atoms with Crippen LogP contribution in [-0.2, 0) is 6.18 Å². The van der Waals surface area contributed by atoms with Crippen LogP contribution in [0, 0.1) is 26.0 Å². The van der Waals surface area contributed by atoms with E-state index in [2.05, 4.69) is 10.5 Å². The maximum atomic E-state index is 13.0. The van der Waals surface area contributed by atoms with Gasteiger partial charge >= 0.3 is 17.6 Å². The summed E-state index contributed by atoms with van der Waals surface area (Å²) < 4.78 is 51.7. The molecule has 0 heterocycles. The van der Waals surface area contributed by atoms with Crippen LogP contribution >= 0.6 is 0 Å². The molecule has 0 unspecified atom stereocenters. The highest BCUT2D eigenvalue weighted by atomic mass is 19.4. The lowest BCUT2D eigenvalue weighted by molar-refractivity contribution is -0.392. The molecular formula is C16H12F4N4O4. The second kappa shape index (κ2) is 7.98. The van der Waals surface area contributed by atoms with Crippen LogP contribution in [0.4, 0.5) is 34.6 Å². The van der Waals surface area contributed by atoms with E-state index in [-0.39, 0.29) is 24.3 Å². The number of nitrogens with one attached hydrogen (secondary N) is 1. The van der Waals surface area contributed by atoms with Gasteiger partial charge < -0.3 is 0 Å². The number of nitro groups is 2. The van der Waals surface area contributed by atoms with Crippen LogP contribution in [0.25, 0.3) is 0 Å². The highest BCUT2D eigenvalue weighted by Crippen LogP contribution is 2.41. The van der Waals surface area contributed by atoms with Crippen molar-refractivity contribution in [3.8, 4) is 0 Å². The fourth-order valence-electron chi connectivity index (χ4n) is 2.29. The van der Waals surface area contributed by atoms with E-state index in [9.17, 15) is 37.8 Å². The van der Waals surface area contributed by atoms with Crippen LogP contribution in [0.15, 0.2) is 41.5 Å². The first-order valence-corrected chi connectivity index (χ1v) is 7.67. The van der Waals surface area contributed by atoms with Gasteiger partial charge in [-0.15, -0.1) is 0 Å². The predicted octanol–water partition coefficient (Wildman–Crippen LogP) is 4.89. The van der Waals surface area contributed by atoms with Gasteiger partial charge in [-0.2, -0.15) is 18.3 Å². The van der Waals surface area contributed by atoms with Crippen molar-refractivity contribution in [2.45, 2.75) is 19.5 Å². The molecule has 0 fully saturated rings. The summed E-state index contributed by atoms with van der Waals surface area (Å²) in [7, 11) is 0. The summed E-state index contributed by atoms with van der Waals surface area (Å²) in [5, 5.41) is 26.2. The SMILES string of the molecule is CC/C(=N/Nc1c([N+](=O)[O-])cc(C(F)(F)F)cc1[N+](=O)[O-])c1ccc(F)cc1. The number of halogens is 4. The molecule has 0 bridgehead atoms. The van der Waals surface area contributed by atoms with Crippen molar-refractivity contribution >= 4 is 22.8 Å². The number of benzene rings is 2. The van der Waals surface area contributed by atoms with Crippen LogP contribution in [0.1, 0.15) is 24.5 Å². The smallest absolute Gasteiger partial charge is 0.266 e. The fraction of sp³-hybridized carbons (Fsp3) is 0.188.